The van der Waals surface area contributed by atoms with Gasteiger partial charge in [0.15, 0.2) is 11.0 Å². The summed E-state index contributed by atoms with van der Waals surface area (Å²) in [4.78, 5) is 17.8. The lowest BCUT2D eigenvalue weighted by Crippen LogP contribution is -2.40. The molecule has 1 amide bonds. The number of hydrogen-bond donors (Lipinski definition) is 0. The van der Waals surface area contributed by atoms with Crippen molar-refractivity contribution >= 4 is 17.7 Å². The number of hydrogen-bond acceptors (Lipinski definition) is 4. The van der Waals surface area contributed by atoms with E-state index in [2.05, 4.69) is 4.98 Å². The summed E-state index contributed by atoms with van der Waals surface area (Å²) in [5, 5.41) is -0.235. The number of pyridine rings is 1. The van der Waals surface area contributed by atoms with Crippen molar-refractivity contribution < 1.29 is 18.7 Å². The molecule has 2 heterocycles. The number of carbonyl (C=O) groups excluding carboxylic acids is 1. The van der Waals surface area contributed by atoms with Crippen LogP contribution in [0.25, 0.3) is 0 Å². The third-order valence-electron chi connectivity index (χ3n) is 3.14. The van der Waals surface area contributed by atoms with Gasteiger partial charge in [-0.15, -0.1) is 0 Å². The van der Waals surface area contributed by atoms with Crippen LogP contribution in [-0.2, 0) is 11.3 Å². The lowest BCUT2D eigenvalue weighted by Gasteiger charge is -2.27. The molecule has 1 aromatic rings. The fourth-order valence-corrected chi connectivity index (χ4v) is 2.24. The van der Waals surface area contributed by atoms with Gasteiger partial charge in [-0.3, -0.25) is 4.90 Å². The maximum absolute atomic E-state index is 13.6. The number of amides is 1. The zero-order valence-corrected chi connectivity index (χ0v) is 13.9. The van der Waals surface area contributed by atoms with E-state index in [0.29, 0.717) is 24.4 Å². The molecule has 0 spiro atoms. The Kier molecular flexibility index (Phi) is 4.80. The van der Waals surface area contributed by atoms with Crippen LogP contribution in [0.15, 0.2) is 6.07 Å². The molecule has 1 aliphatic heterocycles. The molecule has 0 unspecified atom stereocenters. The van der Waals surface area contributed by atoms with Crippen LogP contribution in [-0.4, -0.2) is 34.2 Å². The number of aromatic nitrogens is 1. The highest BCUT2D eigenvalue weighted by Crippen LogP contribution is 2.28. The summed E-state index contributed by atoms with van der Waals surface area (Å²) in [7, 11) is 0. The van der Waals surface area contributed by atoms with Gasteiger partial charge in [0, 0.05) is 6.07 Å². The Morgan fingerprint density at radius 1 is 1.59 bits per heavy atom. The van der Waals surface area contributed by atoms with Crippen LogP contribution in [0.2, 0.25) is 5.15 Å². The van der Waals surface area contributed by atoms with Crippen molar-refractivity contribution in [3.8, 4) is 5.75 Å². The molecule has 122 valence electrons. The van der Waals surface area contributed by atoms with Crippen molar-refractivity contribution in [1.29, 1.82) is 0 Å². The summed E-state index contributed by atoms with van der Waals surface area (Å²) in [6, 6.07) is 1.21. The van der Waals surface area contributed by atoms with Gasteiger partial charge in [0.2, 0.25) is 0 Å². The Hall–Kier alpha value is -1.56. The summed E-state index contributed by atoms with van der Waals surface area (Å²) in [6.07, 6.45) is -0.0380. The topological polar surface area (TPSA) is 51.7 Å². The highest BCUT2D eigenvalue weighted by atomic mass is 35.5. The number of carbonyl (C=O) groups is 1. The molecule has 0 saturated heterocycles. The second-order valence-corrected chi connectivity index (χ2v) is 6.57. The first kappa shape index (κ1) is 16.8. The van der Waals surface area contributed by atoms with Gasteiger partial charge in [-0.25, -0.2) is 14.2 Å². The third kappa shape index (κ3) is 4.00. The largest absolute Gasteiger partial charge is 0.486 e. The highest BCUT2D eigenvalue weighted by Gasteiger charge is 2.30. The van der Waals surface area contributed by atoms with E-state index >= 15 is 0 Å². The smallest absolute Gasteiger partial charge is 0.410 e. The molecule has 0 radical (unpaired) electrons. The van der Waals surface area contributed by atoms with Gasteiger partial charge >= 0.3 is 6.09 Å². The van der Waals surface area contributed by atoms with Crippen LogP contribution in [0.4, 0.5) is 9.18 Å². The van der Waals surface area contributed by atoms with Gasteiger partial charge in [-0.1, -0.05) is 18.5 Å². The van der Waals surface area contributed by atoms with Crippen LogP contribution in [0, 0.1) is 5.82 Å². The molecule has 1 aliphatic rings. The normalized spacial score (nSPS) is 18.3. The fourth-order valence-electron chi connectivity index (χ4n) is 2.09. The first-order valence-electron chi connectivity index (χ1n) is 7.19. The zero-order chi connectivity index (χ0) is 16.5. The van der Waals surface area contributed by atoms with Crippen molar-refractivity contribution in [3.05, 3.63) is 22.7 Å². The van der Waals surface area contributed by atoms with Crippen LogP contribution in [0.1, 0.15) is 39.8 Å². The van der Waals surface area contributed by atoms with Gasteiger partial charge < -0.3 is 9.47 Å². The standard InChI is InChI=1S/C15H20ClFN2O3/c1-5-9-7-19(14(20)22-15(2,3)4)8-11-12(21-9)6-10(17)13(16)18-11/h6,9H,5,7-8H2,1-4H3/t9-/m1/s1. The molecular formula is C15H20ClFN2O3. The minimum atomic E-state index is -0.638. The first-order chi connectivity index (χ1) is 10.2. The molecule has 0 bridgehead atoms. The Balaban J connectivity index is 2.30. The predicted octanol–water partition coefficient (Wildman–Crippen LogP) is 3.78. The van der Waals surface area contributed by atoms with E-state index < -0.39 is 17.5 Å². The Morgan fingerprint density at radius 3 is 2.86 bits per heavy atom. The maximum Gasteiger partial charge on any atom is 0.410 e. The van der Waals surface area contributed by atoms with Crippen molar-refractivity contribution in [2.45, 2.75) is 52.4 Å². The van der Waals surface area contributed by atoms with Crippen LogP contribution in [0.5, 0.6) is 5.75 Å². The Bertz CT molecular complexity index is 575. The van der Waals surface area contributed by atoms with Crippen molar-refractivity contribution in [2.75, 3.05) is 6.54 Å². The Labute approximate surface area is 134 Å². The van der Waals surface area contributed by atoms with E-state index in [9.17, 15) is 9.18 Å². The second kappa shape index (κ2) is 6.28. The molecule has 7 heteroatoms. The van der Waals surface area contributed by atoms with E-state index in [0.717, 1.165) is 0 Å². The highest BCUT2D eigenvalue weighted by molar-refractivity contribution is 6.29. The molecule has 2 rings (SSSR count). The number of halogens is 2. The lowest BCUT2D eigenvalue weighted by molar-refractivity contribution is 0.0176. The number of ether oxygens (including phenoxy) is 2. The molecule has 5 nitrogen and oxygen atoms in total. The minimum Gasteiger partial charge on any atom is -0.486 e. The zero-order valence-electron chi connectivity index (χ0n) is 13.2. The van der Waals surface area contributed by atoms with Gasteiger partial charge in [-0.2, -0.15) is 0 Å². The molecular weight excluding hydrogens is 311 g/mol. The van der Waals surface area contributed by atoms with Gasteiger partial charge in [0.05, 0.1) is 13.1 Å². The quantitative estimate of drug-likeness (QED) is 0.735. The van der Waals surface area contributed by atoms with E-state index in [1.807, 2.05) is 6.92 Å². The summed E-state index contributed by atoms with van der Waals surface area (Å²) in [6.45, 7) is 7.85. The molecule has 0 aromatic carbocycles. The molecule has 1 atom stereocenters. The Morgan fingerprint density at radius 2 is 2.27 bits per heavy atom. The minimum absolute atomic E-state index is 0.167. The van der Waals surface area contributed by atoms with E-state index in [4.69, 9.17) is 21.1 Å². The summed E-state index contributed by atoms with van der Waals surface area (Å²) >= 11 is 5.73. The average Bonchev–Trinajstić information content (AvgIpc) is 2.57. The van der Waals surface area contributed by atoms with Crippen molar-refractivity contribution in [1.82, 2.24) is 9.88 Å². The van der Waals surface area contributed by atoms with Crippen LogP contribution in [0.3, 0.4) is 0 Å². The predicted molar refractivity (Wildman–Crippen MR) is 80.6 cm³/mol. The lowest BCUT2D eigenvalue weighted by atomic mass is 10.2. The van der Waals surface area contributed by atoms with Crippen molar-refractivity contribution in [3.63, 3.8) is 0 Å². The van der Waals surface area contributed by atoms with Crippen molar-refractivity contribution in [2.24, 2.45) is 0 Å². The fraction of sp³-hybridized carbons (Fsp3) is 0.600. The first-order valence-corrected chi connectivity index (χ1v) is 7.57. The second-order valence-electron chi connectivity index (χ2n) is 6.21. The molecule has 0 aliphatic carbocycles. The van der Waals surface area contributed by atoms with Gasteiger partial charge in [0.25, 0.3) is 0 Å². The van der Waals surface area contributed by atoms with Gasteiger partial charge in [-0.05, 0) is 27.2 Å². The van der Waals surface area contributed by atoms with E-state index in [1.165, 1.54) is 11.0 Å². The molecule has 1 aromatic heterocycles. The van der Waals surface area contributed by atoms with Gasteiger partial charge in [0.1, 0.15) is 23.1 Å². The van der Waals surface area contributed by atoms with E-state index in [-0.39, 0.29) is 17.8 Å². The summed E-state index contributed by atoms with van der Waals surface area (Å²) in [5.41, 5.74) is -0.170. The van der Waals surface area contributed by atoms with Crippen LogP contribution < -0.4 is 4.74 Å². The molecule has 0 fully saturated rings. The number of rotatable bonds is 1. The number of nitrogens with zero attached hydrogens (tertiary/aromatic N) is 2. The number of fused-ring (bicyclic) bond motifs is 1. The molecule has 22 heavy (non-hydrogen) atoms. The maximum atomic E-state index is 13.6. The molecule has 0 saturated carbocycles. The average molecular weight is 331 g/mol. The third-order valence-corrected chi connectivity index (χ3v) is 3.40. The van der Waals surface area contributed by atoms with E-state index in [1.54, 1.807) is 20.8 Å². The SMILES string of the molecule is CC[C@@H]1CN(C(=O)OC(C)(C)C)Cc2nc(Cl)c(F)cc2O1. The summed E-state index contributed by atoms with van der Waals surface area (Å²) in [5.74, 6) is -0.319. The monoisotopic (exact) mass is 330 g/mol. The summed E-state index contributed by atoms with van der Waals surface area (Å²) < 4.78 is 24.7. The van der Waals surface area contributed by atoms with Crippen LogP contribution >= 0.6 is 11.6 Å². The molecule has 0 N–H and O–H groups in total.